The summed E-state index contributed by atoms with van der Waals surface area (Å²) < 4.78 is 0. The lowest BCUT2D eigenvalue weighted by Crippen LogP contribution is -2.44. The monoisotopic (exact) mass is 381 g/mol. The Balaban J connectivity index is 0. The molecule has 0 aliphatic carbocycles. The van der Waals surface area contributed by atoms with Gasteiger partial charge in [0.1, 0.15) is 0 Å². The molecule has 0 aromatic rings. The SMILES string of the molecule is Br.CCN(CC)C(CO)C(Br)CBr. The molecule has 0 spiro atoms. The minimum Gasteiger partial charge on any atom is -0.395 e. The summed E-state index contributed by atoms with van der Waals surface area (Å²) in [7, 11) is 0. The van der Waals surface area contributed by atoms with Crippen molar-refractivity contribution >= 4 is 48.8 Å². The summed E-state index contributed by atoms with van der Waals surface area (Å²) in [6, 6.07) is 0.222. The Morgan fingerprint density at radius 2 is 1.77 bits per heavy atom. The number of likely N-dealkylation sites (N-methyl/N-ethyl adjacent to an activating group) is 1. The van der Waals surface area contributed by atoms with Crippen LogP contribution >= 0.6 is 48.8 Å². The van der Waals surface area contributed by atoms with Crippen molar-refractivity contribution in [2.24, 2.45) is 0 Å². The first-order valence-electron chi connectivity index (χ1n) is 4.26. The molecule has 82 valence electrons. The van der Waals surface area contributed by atoms with Crippen LogP contribution in [-0.4, -0.2) is 45.9 Å². The highest BCUT2D eigenvalue weighted by Crippen LogP contribution is 2.14. The number of halogens is 3. The molecule has 0 saturated heterocycles. The molecule has 0 aromatic heterocycles. The first kappa shape index (κ1) is 16.8. The third-order valence-electron chi connectivity index (χ3n) is 2.03. The van der Waals surface area contributed by atoms with Crippen LogP contribution in [0.1, 0.15) is 13.8 Å². The fourth-order valence-electron chi connectivity index (χ4n) is 1.25. The smallest absolute Gasteiger partial charge is 0.0598 e. The van der Waals surface area contributed by atoms with Gasteiger partial charge in [0, 0.05) is 16.2 Å². The second-order valence-corrected chi connectivity index (χ2v) is 4.47. The van der Waals surface area contributed by atoms with E-state index < -0.39 is 0 Å². The molecule has 2 nitrogen and oxygen atoms in total. The molecule has 5 heteroatoms. The molecule has 0 aliphatic heterocycles. The summed E-state index contributed by atoms with van der Waals surface area (Å²) in [5, 5.41) is 10.0. The van der Waals surface area contributed by atoms with Gasteiger partial charge in [0.25, 0.3) is 0 Å². The molecule has 0 aromatic carbocycles. The largest absolute Gasteiger partial charge is 0.395 e. The molecule has 0 rings (SSSR count). The Kier molecular flexibility index (Phi) is 12.8. The molecule has 0 heterocycles. The molecular formula is C8H18Br3NO. The highest BCUT2D eigenvalue weighted by molar-refractivity contribution is 9.12. The van der Waals surface area contributed by atoms with Crippen LogP contribution in [0.2, 0.25) is 0 Å². The molecule has 0 fully saturated rings. The lowest BCUT2D eigenvalue weighted by atomic mass is 10.2. The summed E-state index contributed by atoms with van der Waals surface area (Å²) in [6.07, 6.45) is 0. The number of rotatable bonds is 6. The topological polar surface area (TPSA) is 23.5 Å². The zero-order valence-corrected chi connectivity index (χ0v) is 12.9. The number of nitrogens with zero attached hydrogens (tertiary/aromatic N) is 1. The van der Waals surface area contributed by atoms with E-state index in [4.69, 9.17) is 5.11 Å². The maximum absolute atomic E-state index is 9.17. The van der Waals surface area contributed by atoms with Gasteiger partial charge in [-0.3, -0.25) is 4.90 Å². The maximum atomic E-state index is 9.17. The average molecular weight is 384 g/mol. The van der Waals surface area contributed by atoms with Gasteiger partial charge in [0.15, 0.2) is 0 Å². The Bertz CT molecular complexity index is 112. The fraction of sp³-hybridized carbons (Fsp3) is 1.00. The van der Waals surface area contributed by atoms with Crippen LogP contribution in [0.3, 0.4) is 0 Å². The lowest BCUT2D eigenvalue weighted by molar-refractivity contribution is 0.136. The van der Waals surface area contributed by atoms with E-state index in [-0.39, 0.29) is 29.6 Å². The van der Waals surface area contributed by atoms with E-state index in [2.05, 4.69) is 50.6 Å². The second kappa shape index (κ2) is 9.90. The van der Waals surface area contributed by atoms with Crippen molar-refractivity contribution in [3.05, 3.63) is 0 Å². The maximum Gasteiger partial charge on any atom is 0.0598 e. The third kappa shape index (κ3) is 5.72. The standard InChI is InChI=1S/C8H17Br2NO.BrH/c1-3-11(4-2)8(6-12)7(10)5-9;/h7-8,12H,3-6H2,1-2H3;1H. The van der Waals surface area contributed by atoms with Crippen LogP contribution < -0.4 is 0 Å². The Morgan fingerprint density at radius 3 is 2.00 bits per heavy atom. The number of aliphatic hydroxyl groups is 1. The second-order valence-electron chi connectivity index (χ2n) is 2.64. The van der Waals surface area contributed by atoms with Crippen LogP contribution in [0.25, 0.3) is 0 Å². The first-order chi connectivity index (χ1) is 5.71. The zero-order valence-electron chi connectivity index (χ0n) is 8.04. The highest BCUT2D eigenvalue weighted by atomic mass is 79.9. The molecular weight excluding hydrogens is 366 g/mol. The molecule has 0 aliphatic rings. The highest BCUT2D eigenvalue weighted by Gasteiger charge is 2.21. The predicted octanol–water partition coefficient (Wildman–Crippen LogP) is 2.43. The van der Waals surface area contributed by atoms with Crippen molar-refractivity contribution < 1.29 is 5.11 Å². The average Bonchev–Trinajstić information content (AvgIpc) is 2.12. The number of aliphatic hydroxyl groups excluding tert-OH is 1. The van der Waals surface area contributed by atoms with E-state index in [0.717, 1.165) is 18.4 Å². The van der Waals surface area contributed by atoms with Gasteiger partial charge in [-0.2, -0.15) is 0 Å². The molecule has 0 saturated carbocycles. The summed E-state index contributed by atoms with van der Waals surface area (Å²) in [5.41, 5.74) is 0. The summed E-state index contributed by atoms with van der Waals surface area (Å²) in [6.45, 7) is 6.40. The van der Waals surface area contributed by atoms with Crippen molar-refractivity contribution in [2.45, 2.75) is 24.7 Å². The first-order valence-corrected chi connectivity index (χ1v) is 6.29. The predicted molar refractivity (Wildman–Crippen MR) is 70.6 cm³/mol. The van der Waals surface area contributed by atoms with E-state index >= 15 is 0 Å². The van der Waals surface area contributed by atoms with Gasteiger partial charge in [-0.1, -0.05) is 45.7 Å². The van der Waals surface area contributed by atoms with Crippen molar-refractivity contribution in [1.29, 1.82) is 0 Å². The molecule has 1 N–H and O–H groups in total. The van der Waals surface area contributed by atoms with Crippen molar-refractivity contribution in [2.75, 3.05) is 25.0 Å². The van der Waals surface area contributed by atoms with Gasteiger partial charge < -0.3 is 5.11 Å². The van der Waals surface area contributed by atoms with Crippen LogP contribution in [-0.2, 0) is 0 Å². The van der Waals surface area contributed by atoms with E-state index in [1.807, 2.05) is 0 Å². The fourth-order valence-corrected chi connectivity index (χ4v) is 2.19. The summed E-state index contributed by atoms with van der Waals surface area (Å²) >= 11 is 6.94. The molecule has 2 atom stereocenters. The molecule has 13 heavy (non-hydrogen) atoms. The van der Waals surface area contributed by atoms with Gasteiger partial charge in [-0.15, -0.1) is 17.0 Å². The van der Waals surface area contributed by atoms with E-state index in [1.54, 1.807) is 0 Å². The van der Waals surface area contributed by atoms with Gasteiger partial charge in [0.05, 0.1) is 6.61 Å². The van der Waals surface area contributed by atoms with Gasteiger partial charge in [-0.25, -0.2) is 0 Å². The van der Waals surface area contributed by atoms with Crippen LogP contribution in [0.15, 0.2) is 0 Å². The third-order valence-corrected chi connectivity index (χ3v) is 4.53. The summed E-state index contributed by atoms with van der Waals surface area (Å²) in [4.78, 5) is 2.57. The Morgan fingerprint density at radius 1 is 1.31 bits per heavy atom. The normalized spacial score (nSPS) is 15.2. The molecule has 0 radical (unpaired) electrons. The van der Waals surface area contributed by atoms with Crippen molar-refractivity contribution in [1.82, 2.24) is 4.90 Å². The number of alkyl halides is 2. The number of hydrogen-bond acceptors (Lipinski definition) is 2. The van der Waals surface area contributed by atoms with E-state index in [0.29, 0.717) is 4.83 Å². The van der Waals surface area contributed by atoms with Crippen LogP contribution in [0.4, 0.5) is 0 Å². The number of hydrogen-bond donors (Lipinski definition) is 1. The van der Waals surface area contributed by atoms with E-state index in [1.165, 1.54) is 0 Å². The van der Waals surface area contributed by atoms with Gasteiger partial charge in [0.2, 0.25) is 0 Å². The van der Waals surface area contributed by atoms with E-state index in [9.17, 15) is 0 Å². The van der Waals surface area contributed by atoms with Crippen LogP contribution in [0, 0.1) is 0 Å². The molecule has 0 bridgehead atoms. The minimum atomic E-state index is 0. The molecule has 2 unspecified atom stereocenters. The summed E-state index contributed by atoms with van der Waals surface area (Å²) in [5.74, 6) is 0. The van der Waals surface area contributed by atoms with Crippen molar-refractivity contribution in [3.63, 3.8) is 0 Å². The van der Waals surface area contributed by atoms with Crippen molar-refractivity contribution in [3.8, 4) is 0 Å². The lowest BCUT2D eigenvalue weighted by Gasteiger charge is -2.30. The Hall–Kier alpha value is 1.36. The quantitative estimate of drug-likeness (QED) is 0.712. The van der Waals surface area contributed by atoms with Gasteiger partial charge in [-0.05, 0) is 13.1 Å². The molecule has 0 amide bonds. The van der Waals surface area contributed by atoms with Crippen LogP contribution in [0.5, 0.6) is 0 Å². The zero-order chi connectivity index (χ0) is 9.56. The minimum absolute atomic E-state index is 0. The Labute approximate surface area is 108 Å². The van der Waals surface area contributed by atoms with Gasteiger partial charge >= 0.3 is 0 Å².